The maximum atomic E-state index is 12.0. The molecule has 0 aromatic heterocycles. The number of halogens is 3. The van der Waals surface area contributed by atoms with Crippen molar-refractivity contribution < 1.29 is 9.53 Å². The summed E-state index contributed by atoms with van der Waals surface area (Å²) in [4.78, 5) is 12.0. The highest BCUT2D eigenvalue weighted by Crippen LogP contribution is 2.24. The molecule has 0 aliphatic heterocycles. The number of carbonyl (C=O) groups excluding carboxylic acids is 1. The molecule has 0 bridgehead atoms. The van der Waals surface area contributed by atoms with Crippen molar-refractivity contribution in [2.75, 3.05) is 0 Å². The van der Waals surface area contributed by atoms with Gasteiger partial charge in [-0.3, -0.25) is 0 Å². The number of rotatable bonds is 1. The van der Waals surface area contributed by atoms with Gasteiger partial charge in [-0.1, -0.05) is 0 Å². The number of esters is 1. The van der Waals surface area contributed by atoms with Gasteiger partial charge >= 0.3 is 5.97 Å². The Balaban J connectivity index is 3.09. The number of carbonyl (C=O) groups is 1. The Labute approximate surface area is 136 Å². The van der Waals surface area contributed by atoms with Crippen LogP contribution in [0.25, 0.3) is 0 Å². The third kappa shape index (κ3) is 4.28. The minimum absolute atomic E-state index is 0.256. The topological polar surface area (TPSA) is 26.3 Å². The van der Waals surface area contributed by atoms with Crippen LogP contribution < -0.4 is 0 Å². The van der Waals surface area contributed by atoms with Gasteiger partial charge in [0.1, 0.15) is 5.60 Å². The summed E-state index contributed by atoms with van der Waals surface area (Å²) in [7, 11) is 0. The van der Waals surface area contributed by atoms with Gasteiger partial charge in [0.2, 0.25) is 0 Å². The molecule has 1 aromatic rings. The lowest BCUT2D eigenvalue weighted by Gasteiger charge is -2.20. The van der Waals surface area contributed by atoms with E-state index in [0.717, 1.165) is 10.7 Å². The van der Waals surface area contributed by atoms with Crippen LogP contribution in [0.1, 0.15) is 31.1 Å². The summed E-state index contributed by atoms with van der Waals surface area (Å²) in [6.07, 6.45) is 0. The van der Waals surface area contributed by atoms with Gasteiger partial charge in [-0.25, -0.2) is 4.79 Å². The van der Waals surface area contributed by atoms with Crippen molar-refractivity contribution in [2.45, 2.75) is 26.4 Å². The lowest BCUT2D eigenvalue weighted by atomic mass is 10.2. The van der Waals surface area contributed by atoms with E-state index in [1.165, 1.54) is 0 Å². The first-order valence-corrected chi connectivity index (χ1v) is 7.82. The van der Waals surface area contributed by atoms with Crippen molar-refractivity contribution >= 4 is 73.7 Å². The minimum Gasteiger partial charge on any atom is -0.456 e. The molecule has 0 amide bonds. The average molecular weight is 556 g/mol. The van der Waals surface area contributed by atoms with Crippen LogP contribution in [0.2, 0.25) is 0 Å². The average Bonchev–Trinajstić information content (AvgIpc) is 2.08. The third-order valence-electron chi connectivity index (χ3n) is 1.61. The molecule has 1 rings (SSSR count). The van der Waals surface area contributed by atoms with Crippen LogP contribution in [-0.4, -0.2) is 11.6 Å². The third-order valence-corrected chi connectivity index (χ3v) is 5.28. The SMILES string of the molecule is CC(C)(C)OC(=O)c1cc(I)cc(I)c1I. The van der Waals surface area contributed by atoms with E-state index in [1.807, 2.05) is 32.9 Å². The largest absolute Gasteiger partial charge is 0.456 e. The van der Waals surface area contributed by atoms with E-state index in [9.17, 15) is 4.79 Å². The van der Waals surface area contributed by atoms with E-state index in [0.29, 0.717) is 5.56 Å². The molecule has 0 N–H and O–H groups in total. The first kappa shape index (κ1) is 14.9. The molecular weight excluding hydrogens is 545 g/mol. The summed E-state index contributed by atoms with van der Waals surface area (Å²) in [6, 6.07) is 3.90. The normalized spacial score (nSPS) is 11.4. The summed E-state index contributed by atoms with van der Waals surface area (Å²) in [6.45, 7) is 5.61. The second kappa shape index (κ2) is 5.68. The Morgan fingerprint density at radius 1 is 1.19 bits per heavy atom. The van der Waals surface area contributed by atoms with E-state index in [4.69, 9.17) is 4.74 Å². The predicted octanol–water partition coefficient (Wildman–Crippen LogP) is 4.46. The van der Waals surface area contributed by atoms with Crippen LogP contribution in [0.5, 0.6) is 0 Å². The Morgan fingerprint density at radius 2 is 1.75 bits per heavy atom. The van der Waals surface area contributed by atoms with Crippen LogP contribution in [0.4, 0.5) is 0 Å². The summed E-state index contributed by atoms with van der Waals surface area (Å²) in [5, 5.41) is 0. The minimum atomic E-state index is -0.452. The fourth-order valence-electron chi connectivity index (χ4n) is 1.04. The lowest BCUT2D eigenvalue weighted by molar-refractivity contribution is 0.00681. The molecule has 88 valence electrons. The molecule has 0 aliphatic carbocycles. The Kier molecular flexibility index (Phi) is 5.30. The van der Waals surface area contributed by atoms with E-state index >= 15 is 0 Å². The molecule has 0 unspecified atom stereocenters. The van der Waals surface area contributed by atoms with Gasteiger partial charge in [-0.15, -0.1) is 0 Å². The van der Waals surface area contributed by atoms with Gasteiger partial charge in [0.25, 0.3) is 0 Å². The van der Waals surface area contributed by atoms with Gasteiger partial charge in [0.15, 0.2) is 0 Å². The molecule has 0 radical (unpaired) electrons. The molecule has 16 heavy (non-hydrogen) atoms. The van der Waals surface area contributed by atoms with Gasteiger partial charge in [0, 0.05) is 10.7 Å². The first-order chi connectivity index (χ1) is 7.20. The van der Waals surface area contributed by atoms with Crippen LogP contribution in [-0.2, 0) is 4.74 Å². The van der Waals surface area contributed by atoms with Gasteiger partial charge < -0.3 is 4.74 Å². The Bertz CT molecular complexity index is 422. The summed E-state index contributed by atoms with van der Waals surface area (Å²) < 4.78 is 8.44. The second-order valence-electron chi connectivity index (χ2n) is 4.25. The predicted molar refractivity (Wildman–Crippen MR) is 89.8 cm³/mol. The molecule has 0 heterocycles. The zero-order chi connectivity index (χ0) is 12.5. The van der Waals surface area contributed by atoms with Crippen molar-refractivity contribution in [3.63, 3.8) is 0 Å². The Hall–Kier alpha value is 0.880. The highest BCUT2D eigenvalue weighted by molar-refractivity contribution is 14.1. The molecule has 0 saturated carbocycles. The van der Waals surface area contributed by atoms with Crippen LogP contribution in [0, 0.1) is 10.7 Å². The summed E-state index contributed by atoms with van der Waals surface area (Å²) in [5.41, 5.74) is 0.194. The van der Waals surface area contributed by atoms with Crippen molar-refractivity contribution in [2.24, 2.45) is 0 Å². The van der Waals surface area contributed by atoms with Crippen molar-refractivity contribution in [1.29, 1.82) is 0 Å². The molecular formula is C11H11I3O2. The molecule has 5 heteroatoms. The monoisotopic (exact) mass is 556 g/mol. The Morgan fingerprint density at radius 3 is 2.25 bits per heavy atom. The number of hydrogen-bond donors (Lipinski definition) is 0. The fourth-order valence-corrected chi connectivity index (χ4v) is 3.41. The fraction of sp³-hybridized carbons (Fsp3) is 0.364. The maximum absolute atomic E-state index is 12.0. The van der Waals surface area contributed by atoms with Gasteiger partial charge in [-0.2, -0.15) is 0 Å². The number of ether oxygens (including phenoxy) is 1. The van der Waals surface area contributed by atoms with Gasteiger partial charge in [-0.05, 0) is 101 Å². The van der Waals surface area contributed by atoms with E-state index in [2.05, 4.69) is 67.8 Å². The van der Waals surface area contributed by atoms with Crippen molar-refractivity contribution in [1.82, 2.24) is 0 Å². The van der Waals surface area contributed by atoms with Gasteiger partial charge in [0.05, 0.1) is 5.56 Å². The standard InChI is InChI=1S/C11H11I3O2/c1-11(2,3)16-10(15)7-4-6(12)5-8(13)9(7)14/h4-5H,1-3H3. The van der Waals surface area contributed by atoms with Crippen molar-refractivity contribution in [3.8, 4) is 0 Å². The highest BCUT2D eigenvalue weighted by atomic mass is 127. The molecule has 0 aliphatic rings. The smallest absolute Gasteiger partial charge is 0.339 e. The van der Waals surface area contributed by atoms with E-state index in [1.54, 1.807) is 0 Å². The second-order valence-corrected chi connectivity index (χ2v) is 7.74. The van der Waals surface area contributed by atoms with Crippen LogP contribution in [0.3, 0.4) is 0 Å². The van der Waals surface area contributed by atoms with Crippen LogP contribution in [0.15, 0.2) is 12.1 Å². The quantitative estimate of drug-likeness (QED) is 0.291. The molecule has 2 nitrogen and oxygen atoms in total. The van der Waals surface area contributed by atoms with Crippen LogP contribution >= 0.6 is 67.8 Å². The number of hydrogen-bond acceptors (Lipinski definition) is 2. The molecule has 0 fully saturated rings. The number of benzene rings is 1. The first-order valence-electron chi connectivity index (χ1n) is 4.58. The van der Waals surface area contributed by atoms with E-state index < -0.39 is 5.60 Å². The zero-order valence-electron chi connectivity index (χ0n) is 9.11. The molecule has 1 aromatic carbocycles. The highest BCUT2D eigenvalue weighted by Gasteiger charge is 2.21. The lowest BCUT2D eigenvalue weighted by Crippen LogP contribution is -2.24. The molecule has 0 spiro atoms. The summed E-state index contributed by atoms with van der Waals surface area (Å²) >= 11 is 6.61. The maximum Gasteiger partial charge on any atom is 0.339 e. The zero-order valence-corrected chi connectivity index (χ0v) is 15.6. The molecule has 0 saturated heterocycles. The summed E-state index contributed by atoms with van der Waals surface area (Å²) in [5.74, 6) is -0.256. The van der Waals surface area contributed by atoms with E-state index in [-0.39, 0.29) is 5.97 Å². The molecule has 0 atom stereocenters. The van der Waals surface area contributed by atoms with Crippen molar-refractivity contribution in [3.05, 3.63) is 28.4 Å².